The van der Waals surface area contributed by atoms with Crippen LogP contribution in [0.4, 0.5) is 5.69 Å². The Morgan fingerprint density at radius 2 is 1.79 bits per heavy atom. The third-order valence-corrected chi connectivity index (χ3v) is 3.47. The van der Waals surface area contributed by atoms with Crippen LogP contribution in [0.1, 0.15) is 27.9 Å². The van der Waals surface area contributed by atoms with Crippen molar-refractivity contribution in [2.75, 3.05) is 5.73 Å². The molecule has 94 valence electrons. The number of hydrogen-bond donors (Lipinski definition) is 1. The number of nitrogen functional groups attached to an aromatic ring is 1. The fraction of sp³-hybridized carbons (Fsp3) is 0.118. The third kappa shape index (κ3) is 2.29. The van der Waals surface area contributed by atoms with Gasteiger partial charge in [-0.2, -0.15) is 0 Å². The number of nitrogens with two attached hydrogens (primary N) is 1. The van der Waals surface area contributed by atoms with Crippen molar-refractivity contribution in [2.45, 2.75) is 12.8 Å². The first-order valence-corrected chi connectivity index (χ1v) is 6.43. The van der Waals surface area contributed by atoms with E-state index >= 15 is 0 Å². The molecule has 0 spiro atoms. The van der Waals surface area contributed by atoms with Gasteiger partial charge in [0.15, 0.2) is 5.78 Å². The Kier molecular flexibility index (Phi) is 2.92. The van der Waals surface area contributed by atoms with Gasteiger partial charge in [0.25, 0.3) is 0 Å². The Balaban J connectivity index is 1.98. The number of allylic oxidation sites excluding steroid dienone is 1. The molecular formula is C17H15NO. The van der Waals surface area contributed by atoms with Gasteiger partial charge in [0.05, 0.1) is 0 Å². The Bertz CT molecular complexity index is 656. The SMILES string of the molecule is Nc1ccc2c(c1)CC/C(=C\c1ccccc1)C2=O. The Morgan fingerprint density at radius 1 is 1.00 bits per heavy atom. The zero-order chi connectivity index (χ0) is 13.2. The summed E-state index contributed by atoms with van der Waals surface area (Å²) in [5.74, 6) is 0.130. The Morgan fingerprint density at radius 3 is 2.58 bits per heavy atom. The van der Waals surface area contributed by atoms with Crippen LogP contribution in [-0.2, 0) is 6.42 Å². The van der Waals surface area contributed by atoms with Crippen LogP contribution in [-0.4, -0.2) is 5.78 Å². The summed E-state index contributed by atoms with van der Waals surface area (Å²) in [5.41, 5.74) is 10.3. The number of hydrogen-bond acceptors (Lipinski definition) is 2. The average molecular weight is 249 g/mol. The summed E-state index contributed by atoms with van der Waals surface area (Å²) in [7, 11) is 0. The van der Waals surface area contributed by atoms with E-state index in [2.05, 4.69) is 0 Å². The minimum atomic E-state index is 0.130. The van der Waals surface area contributed by atoms with E-state index in [0.29, 0.717) is 0 Å². The second-order valence-electron chi connectivity index (χ2n) is 4.83. The summed E-state index contributed by atoms with van der Waals surface area (Å²) in [4.78, 5) is 12.4. The van der Waals surface area contributed by atoms with E-state index < -0.39 is 0 Å². The minimum Gasteiger partial charge on any atom is -0.399 e. The molecule has 0 amide bonds. The van der Waals surface area contributed by atoms with Gasteiger partial charge in [0.2, 0.25) is 0 Å². The fourth-order valence-corrected chi connectivity index (χ4v) is 2.49. The number of carbonyl (C=O) groups is 1. The normalized spacial score (nSPS) is 16.4. The Hall–Kier alpha value is -2.35. The lowest BCUT2D eigenvalue weighted by Gasteiger charge is -2.17. The van der Waals surface area contributed by atoms with Crippen molar-refractivity contribution < 1.29 is 4.79 Å². The average Bonchev–Trinajstić information content (AvgIpc) is 2.43. The number of ketones is 1. The number of Topliss-reactive ketones (excluding diaryl/α,β-unsaturated/α-hetero) is 1. The van der Waals surface area contributed by atoms with Gasteiger partial charge >= 0.3 is 0 Å². The smallest absolute Gasteiger partial charge is 0.189 e. The highest BCUT2D eigenvalue weighted by molar-refractivity contribution is 6.13. The maximum atomic E-state index is 12.4. The summed E-state index contributed by atoms with van der Waals surface area (Å²) < 4.78 is 0. The lowest BCUT2D eigenvalue weighted by atomic mass is 9.86. The van der Waals surface area contributed by atoms with Gasteiger partial charge < -0.3 is 5.73 Å². The molecule has 0 heterocycles. The van der Waals surface area contributed by atoms with Gasteiger partial charge in [-0.25, -0.2) is 0 Å². The molecule has 0 unspecified atom stereocenters. The second-order valence-corrected chi connectivity index (χ2v) is 4.83. The minimum absolute atomic E-state index is 0.130. The molecule has 2 heteroatoms. The highest BCUT2D eigenvalue weighted by atomic mass is 16.1. The molecule has 2 nitrogen and oxygen atoms in total. The summed E-state index contributed by atoms with van der Waals surface area (Å²) in [5, 5.41) is 0. The molecule has 0 bridgehead atoms. The number of rotatable bonds is 1. The van der Waals surface area contributed by atoms with Crippen molar-refractivity contribution in [3.05, 3.63) is 70.8 Å². The number of benzene rings is 2. The standard InChI is InChI=1S/C17H15NO/c18-15-8-9-16-13(11-15)6-7-14(17(16)19)10-12-4-2-1-3-5-12/h1-5,8-11H,6-7,18H2/b14-10+. The van der Waals surface area contributed by atoms with Crippen LogP contribution < -0.4 is 5.73 Å². The van der Waals surface area contributed by atoms with Crippen molar-refractivity contribution in [3.63, 3.8) is 0 Å². The maximum Gasteiger partial charge on any atom is 0.189 e. The molecule has 0 radical (unpaired) electrons. The maximum absolute atomic E-state index is 12.4. The molecule has 2 aromatic carbocycles. The predicted octanol–water partition coefficient (Wildman–Crippen LogP) is 3.48. The van der Waals surface area contributed by atoms with Crippen molar-refractivity contribution in [3.8, 4) is 0 Å². The lowest BCUT2D eigenvalue weighted by molar-refractivity contribution is 0.102. The first-order chi connectivity index (χ1) is 9.24. The van der Waals surface area contributed by atoms with Crippen LogP contribution in [0.2, 0.25) is 0 Å². The van der Waals surface area contributed by atoms with E-state index in [9.17, 15) is 4.79 Å². The first kappa shape index (κ1) is 11.7. The highest BCUT2D eigenvalue weighted by Crippen LogP contribution is 2.27. The largest absolute Gasteiger partial charge is 0.399 e. The number of aryl methyl sites for hydroxylation is 1. The van der Waals surface area contributed by atoms with Crippen molar-refractivity contribution in [2.24, 2.45) is 0 Å². The number of fused-ring (bicyclic) bond motifs is 1. The van der Waals surface area contributed by atoms with E-state index in [1.54, 1.807) is 6.07 Å². The van der Waals surface area contributed by atoms with E-state index in [1.807, 2.05) is 48.5 Å². The molecule has 19 heavy (non-hydrogen) atoms. The van der Waals surface area contributed by atoms with E-state index in [1.165, 1.54) is 0 Å². The van der Waals surface area contributed by atoms with Gasteiger partial charge in [-0.15, -0.1) is 0 Å². The fourth-order valence-electron chi connectivity index (χ4n) is 2.49. The monoisotopic (exact) mass is 249 g/mol. The van der Waals surface area contributed by atoms with Crippen molar-refractivity contribution in [1.82, 2.24) is 0 Å². The Labute approximate surface area is 112 Å². The van der Waals surface area contributed by atoms with E-state index in [-0.39, 0.29) is 5.78 Å². The summed E-state index contributed by atoms with van der Waals surface area (Å²) in [6.45, 7) is 0. The third-order valence-electron chi connectivity index (χ3n) is 3.47. The quantitative estimate of drug-likeness (QED) is 0.621. The molecule has 0 atom stereocenters. The first-order valence-electron chi connectivity index (χ1n) is 6.43. The molecule has 1 aliphatic rings. The lowest BCUT2D eigenvalue weighted by Crippen LogP contribution is -2.14. The van der Waals surface area contributed by atoms with Crippen LogP contribution in [0.15, 0.2) is 54.1 Å². The van der Waals surface area contributed by atoms with Crippen molar-refractivity contribution >= 4 is 17.5 Å². The van der Waals surface area contributed by atoms with Gasteiger partial charge in [0, 0.05) is 16.8 Å². The predicted molar refractivity (Wildman–Crippen MR) is 77.9 cm³/mol. The molecule has 2 N–H and O–H groups in total. The molecule has 2 aromatic rings. The molecule has 0 fully saturated rings. The van der Waals surface area contributed by atoms with E-state index in [0.717, 1.165) is 40.8 Å². The molecule has 0 saturated heterocycles. The molecule has 3 rings (SSSR count). The number of anilines is 1. The van der Waals surface area contributed by atoms with Gasteiger partial charge in [0.1, 0.15) is 0 Å². The van der Waals surface area contributed by atoms with Crippen LogP contribution in [0, 0.1) is 0 Å². The van der Waals surface area contributed by atoms with Gasteiger partial charge in [-0.1, -0.05) is 30.3 Å². The van der Waals surface area contributed by atoms with E-state index in [4.69, 9.17) is 5.73 Å². The topological polar surface area (TPSA) is 43.1 Å². The summed E-state index contributed by atoms with van der Waals surface area (Å²) >= 11 is 0. The van der Waals surface area contributed by atoms with Crippen molar-refractivity contribution in [1.29, 1.82) is 0 Å². The highest BCUT2D eigenvalue weighted by Gasteiger charge is 2.21. The van der Waals surface area contributed by atoms with Crippen LogP contribution in [0.5, 0.6) is 0 Å². The molecule has 0 saturated carbocycles. The van der Waals surface area contributed by atoms with Gasteiger partial charge in [-0.05, 0) is 48.2 Å². The summed E-state index contributed by atoms with van der Waals surface area (Å²) in [6.07, 6.45) is 3.65. The summed E-state index contributed by atoms with van der Waals surface area (Å²) in [6, 6.07) is 15.5. The zero-order valence-corrected chi connectivity index (χ0v) is 10.6. The second kappa shape index (κ2) is 4.73. The molecule has 0 aliphatic heterocycles. The van der Waals surface area contributed by atoms with Crippen LogP contribution >= 0.6 is 0 Å². The molecular weight excluding hydrogens is 234 g/mol. The van der Waals surface area contributed by atoms with Crippen LogP contribution in [0.25, 0.3) is 6.08 Å². The molecule has 0 aromatic heterocycles. The molecule has 1 aliphatic carbocycles. The number of carbonyl (C=O) groups excluding carboxylic acids is 1. The van der Waals surface area contributed by atoms with Gasteiger partial charge in [-0.3, -0.25) is 4.79 Å². The van der Waals surface area contributed by atoms with Crippen LogP contribution in [0.3, 0.4) is 0 Å². The zero-order valence-electron chi connectivity index (χ0n) is 10.6.